The average molecular weight is 314 g/mol. The van der Waals surface area contributed by atoms with E-state index >= 15 is 0 Å². The van der Waals surface area contributed by atoms with Crippen LogP contribution in [0.15, 0.2) is 18.2 Å². The molecule has 1 aliphatic carbocycles. The molecule has 0 aromatic heterocycles. The van der Waals surface area contributed by atoms with E-state index in [1.165, 1.54) is 17.5 Å². The van der Waals surface area contributed by atoms with Crippen molar-refractivity contribution in [3.63, 3.8) is 0 Å². The van der Waals surface area contributed by atoms with Gasteiger partial charge in [-0.15, -0.1) is 0 Å². The van der Waals surface area contributed by atoms with E-state index in [1.807, 2.05) is 32.0 Å². The van der Waals surface area contributed by atoms with Crippen molar-refractivity contribution in [3.8, 4) is 0 Å². The molecule has 1 saturated carbocycles. The lowest BCUT2D eigenvalue weighted by Gasteiger charge is -2.27. The molecule has 0 spiro atoms. The molecule has 2 fully saturated rings. The highest BCUT2D eigenvalue weighted by atomic mass is 16.2. The molecule has 1 N–H and O–H groups in total. The molecule has 2 aliphatic rings. The fourth-order valence-corrected chi connectivity index (χ4v) is 3.65. The van der Waals surface area contributed by atoms with Crippen molar-refractivity contribution < 1.29 is 14.4 Å². The predicted molar refractivity (Wildman–Crippen MR) is 86.6 cm³/mol. The summed E-state index contributed by atoms with van der Waals surface area (Å²) in [5, 5.41) is 2.95. The molecule has 3 rings (SSSR count). The minimum atomic E-state index is -0.322. The maximum atomic E-state index is 12.5. The number of benzene rings is 1. The Morgan fingerprint density at radius 2 is 1.78 bits per heavy atom. The average Bonchev–Trinajstić information content (AvgIpc) is 2.75. The molecule has 1 saturated heterocycles. The molecule has 5 nitrogen and oxygen atoms in total. The van der Waals surface area contributed by atoms with Crippen molar-refractivity contribution in [2.45, 2.75) is 33.1 Å². The minimum Gasteiger partial charge on any atom is -0.326 e. The summed E-state index contributed by atoms with van der Waals surface area (Å²) in [4.78, 5) is 37.8. The fourth-order valence-electron chi connectivity index (χ4n) is 3.65. The maximum absolute atomic E-state index is 12.5. The van der Waals surface area contributed by atoms with E-state index in [-0.39, 0.29) is 35.5 Å². The second-order valence-electron chi connectivity index (χ2n) is 6.75. The van der Waals surface area contributed by atoms with Crippen LogP contribution in [0.1, 0.15) is 30.4 Å². The molecule has 3 atom stereocenters. The molecule has 1 aromatic carbocycles. The zero-order valence-corrected chi connectivity index (χ0v) is 13.8. The smallest absolute Gasteiger partial charge is 0.232 e. The van der Waals surface area contributed by atoms with E-state index in [4.69, 9.17) is 0 Å². The van der Waals surface area contributed by atoms with Crippen molar-refractivity contribution in [2.75, 3.05) is 12.4 Å². The molecule has 5 heteroatoms. The first kappa shape index (κ1) is 15.7. The number of fused-ring (bicyclic) bond motifs is 1. The highest BCUT2D eigenvalue weighted by molar-refractivity contribution is 6.05. The minimum absolute atomic E-state index is 0.0542. The van der Waals surface area contributed by atoms with Crippen molar-refractivity contribution in [1.29, 1.82) is 0 Å². The van der Waals surface area contributed by atoms with Crippen molar-refractivity contribution in [3.05, 3.63) is 29.3 Å². The highest BCUT2D eigenvalue weighted by Gasteiger charge is 2.49. The normalized spacial score (nSPS) is 27.1. The highest BCUT2D eigenvalue weighted by Crippen LogP contribution is 2.40. The molecule has 1 aliphatic heterocycles. The van der Waals surface area contributed by atoms with Crippen LogP contribution in [-0.2, 0) is 14.4 Å². The first-order valence-electron chi connectivity index (χ1n) is 8.08. The van der Waals surface area contributed by atoms with Gasteiger partial charge in [0.2, 0.25) is 17.7 Å². The molecule has 122 valence electrons. The summed E-state index contributed by atoms with van der Waals surface area (Å²) in [6.45, 7) is 4.04. The van der Waals surface area contributed by atoms with Crippen LogP contribution in [0.25, 0.3) is 0 Å². The van der Waals surface area contributed by atoms with Gasteiger partial charge in [-0.3, -0.25) is 19.3 Å². The topological polar surface area (TPSA) is 66.5 Å². The number of rotatable bonds is 2. The molecule has 23 heavy (non-hydrogen) atoms. The molecule has 0 bridgehead atoms. The Balaban J connectivity index is 1.68. The van der Waals surface area contributed by atoms with Crippen molar-refractivity contribution >= 4 is 23.4 Å². The Kier molecular flexibility index (Phi) is 3.96. The van der Waals surface area contributed by atoms with E-state index in [1.54, 1.807) is 0 Å². The van der Waals surface area contributed by atoms with Crippen LogP contribution in [0.3, 0.4) is 0 Å². The van der Waals surface area contributed by atoms with Crippen LogP contribution >= 0.6 is 0 Å². The number of anilines is 1. The molecule has 1 heterocycles. The summed E-state index contributed by atoms with van der Waals surface area (Å²) in [5.74, 6) is -1.03. The number of aryl methyl sites for hydroxylation is 2. The molecule has 3 unspecified atom stereocenters. The van der Waals surface area contributed by atoms with Gasteiger partial charge in [-0.05, 0) is 56.4 Å². The summed E-state index contributed by atoms with van der Waals surface area (Å²) in [6.07, 6.45) is 1.74. The summed E-state index contributed by atoms with van der Waals surface area (Å²) in [6, 6.07) is 5.83. The maximum Gasteiger partial charge on any atom is 0.232 e. The number of hydrogen-bond acceptors (Lipinski definition) is 3. The summed E-state index contributed by atoms with van der Waals surface area (Å²) < 4.78 is 0. The van der Waals surface area contributed by atoms with E-state index in [2.05, 4.69) is 5.32 Å². The SMILES string of the molecule is Cc1ccc(NC(=O)C2CCC3C(=O)N(C)C(=O)C3C2)cc1C. The van der Waals surface area contributed by atoms with Crippen LogP contribution in [0.4, 0.5) is 5.69 Å². The Morgan fingerprint density at radius 3 is 2.48 bits per heavy atom. The van der Waals surface area contributed by atoms with Gasteiger partial charge in [0.15, 0.2) is 0 Å². The number of carbonyl (C=O) groups is 3. The molecular weight excluding hydrogens is 292 g/mol. The summed E-state index contributed by atoms with van der Waals surface area (Å²) in [7, 11) is 1.53. The lowest BCUT2D eigenvalue weighted by molar-refractivity contribution is -0.138. The van der Waals surface area contributed by atoms with Gasteiger partial charge < -0.3 is 5.32 Å². The van der Waals surface area contributed by atoms with Crippen molar-refractivity contribution in [1.82, 2.24) is 4.90 Å². The van der Waals surface area contributed by atoms with E-state index < -0.39 is 0 Å². The first-order chi connectivity index (χ1) is 10.9. The standard InChI is InChI=1S/C18H22N2O3/c1-10-4-6-13(8-11(10)2)19-16(21)12-5-7-14-15(9-12)18(23)20(3)17(14)22/h4,6,8,12,14-15H,5,7,9H2,1-3H3,(H,19,21). The lowest BCUT2D eigenvalue weighted by atomic mass is 9.75. The Morgan fingerprint density at radius 1 is 1.09 bits per heavy atom. The third kappa shape index (κ3) is 2.76. The van der Waals surface area contributed by atoms with Crippen LogP contribution in [0.2, 0.25) is 0 Å². The third-order valence-electron chi connectivity index (χ3n) is 5.29. The van der Waals surface area contributed by atoms with Gasteiger partial charge in [-0.1, -0.05) is 6.07 Å². The van der Waals surface area contributed by atoms with Crippen LogP contribution in [-0.4, -0.2) is 29.7 Å². The summed E-state index contributed by atoms with van der Waals surface area (Å²) in [5.41, 5.74) is 3.09. The van der Waals surface area contributed by atoms with Crippen LogP contribution < -0.4 is 5.32 Å². The van der Waals surface area contributed by atoms with Gasteiger partial charge in [0.25, 0.3) is 0 Å². The van der Waals surface area contributed by atoms with Crippen LogP contribution in [0.5, 0.6) is 0 Å². The zero-order valence-electron chi connectivity index (χ0n) is 13.8. The number of hydrogen-bond donors (Lipinski definition) is 1. The van der Waals surface area contributed by atoms with Crippen molar-refractivity contribution in [2.24, 2.45) is 17.8 Å². The van der Waals surface area contributed by atoms with Gasteiger partial charge in [-0.25, -0.2) is 0 Å². The van der Waals surface area contributed by atoms with Gasteiger partial charge in [0.05, 0.1) is 11.8 Å². The van der Waals surface area contributed by atoms with Gasteiger partial charge in [0.1, 0.15) is 0 Å². The number of carbonyl (C=O) groups excluding carboxylic acids is 3. The lowest BCUT2D eigenvalue weighted by Crippen LogP contribution is -2.33. The number of nitrogens with zero attached hydrogens (tertiary/aromatic N) is 1. The first-order valence-corrected chi connectivity index (χ1v) is 8.08. The molecule has 3 amide bonds. The second-order valence-corrected chi connectivity index (χ2v) is 6.75. The van der Waals surface area contributed by atoms with Gasteiger partial charge in [0, 0.05) is 18.7 Å². The number of nitrogens with one attached hydrogen (secondary N) is 1. The number of imide groups is 1. The third-order valence-corrected chi connectivity index (χ3v) is 5.29. The monoisotopic (exact) mass is 314 g/mol. The molecular formula is C18H22N2O3. The second kappa shape index (κ2) is 5.80. The fraction of sp³-hybridized carbons (Fsp3) is 0.500. The van der Waals surface area contributed by atoms with Gasteiger partial charge in [-0.2, -0.15) is 0 Å². The quantitative estimate of drug-likeness (QED) is 0.852. The largest absolute Gasteiger partial charge is 0.326 e. The summed E-state index contributed by atoms with van der Waals surface area (Å²) >= 11 is 0. The number of likely N-dealkylation sites (tertiary alicyclic amines) is 1. The Labute approximate surface area is 136 Å². The number of amides is 3. The zero-order chi connectivity index (χ0) is 16.7. The Hall–Kier alpha value is -2.17. The van der Waals surface area contributed by atoms with E-state index in [9.17, 15) is 14.4 Å². The Bertz CT molecular complexity index is 683. The van der Waals surface area contributed by atoms with E-state index in [0.717, 1.165) is 11.3 Å². The predicted octanol–water partition coefficient (Wildman–Crippen LogP) is 2.27. The molecule has 0 radical (unpaired) electrons. The van der Waals surface area contributed by atoms with E-state index in [0.29, 0.717) is 19.3 Å². The van der Waals surface area contributed by atoms with Crippen LogP contribution in [0, 0.1) is 31.6 Å². The molecule has 1 aromatic rings. The van der Waals surface area contributed by atoms with Gasteiger partial charge >= 0.3 is 0 Å².